The molecule has 0 bridgehead atoms. The fourth-order valence-corrected chi connectivity index (χ4v) is 3.21. The lowest BCUT2D eigenvalue weighted by molar-refractivity contribution is 0.134. The molecule has 3 aromatic rings. The molecule has 1 aliphatic heterocycles. The summed E-state index contributed by atoms with van der Waals surface area (Å²) in [6.45, 7) is 0.258. The summed E-state index contributed by atoms with van der Waals surface area (Å²) in [5, 5.41) is 2.96. The maximum Gasteiger partial charge on any atom is 0.408 e. The molecule has 0 radical (unpaired) electrons. The second-order valence-corrected chi connectivity index (χ2v) is 6.08. The molecule has 0 saturated heterocycles. The molecular formula is C20H19N3O2. The van der Waals surface area contributed by atoms with Crippen LogP contribution in [0, 0.1) is 0 Å². The van der Waals surface area contributed by atoms with Crippen LogP contribution in [-0.2, 0) is 17.8 Å². The number of benzene rings is 2. The number of hydrogen-bond acceptors (Lipinski definition) is 3. The van der Waals surface area contributed by atoms with E-state index in [1.807, 2.05) is 53.2 Å². The molecule has 1 N–H and O–H groups in total. The molecule has 2 heterocycles. The minimum Gasteiger partial charge on any atom is -0.445 e. The van der Waals surface area contributed by atoms with E-state index in [1.54, 1.807) is 6.20 Å². The van der Waals surface area contributed by atoms with Gasteiger partial charge in [0.25, 0.3) is 0 Å². The summed E-state index contributed by atoms with van der Waals surface area (Å²) < 4.78 is 7.40. The van der Waals surface area contributed by atoms with Crippen molar-refractivity contribution in [2.75, 3.05) is 0 Å². The molecule has 1 aliphatic rings. The first-order valence-electron chi connectivity index (χ1n) is 8.40. The van der Waals surface area contributed by atoms with Crippen molar-refractivity contribution in [1.82, 2.24) is 14.9 Å². The Balaban J connectivity index is 1.48. The third kappa shape index (κ3) is 3.26. The highest BCUT2D eigenvalue weighted by Crippen LogP contribution is 2.28. The molecule has 1 aromatic heterocycles. The Hall–Kier alpha value is -3.08. The van der Waals surface area contributed by atoms with Gasteiger partial charge in [-0.1, -0.05) is 48.5 Å². The normalized spacial score (nSPS) is 15.6. The van der Waals surface area contributed by atoms with Crippen LogP contribution in [-0.4, -0.2) is 15.6 Å². The van der Waals surface area contributed by atoms with Gasteiger partial charge in [-0.05, 0) is 30.0 Å². The van der Waals surface area contributed by atoms with Gasteiger partial charge in [0.05, 0.1) is 6.04 Å². The van der Waals surface area contributed by atoms with Crippen LogP contribution < -0.4 is 5.32 Å². The van der Waals surface area contributed by atoms with Crippen LogP contribution in [0.15, 0.2) is 67.0 Å². The van der Waals surface area contributed by atoms with Gasteiger partial charge in [-0.3, -0.25) is 0 Å². The number of aryl methyl sites for hydroxylation is 1. The van der Waals surface area contributed by atoms with Crippen molar-refractivity contribution in [3.05, 3.63) is 83.9 Å². The summed E-state index contributed by atoms with van der Waals surface area (Å²) in [4.78, 5) is 16.7. The Morgan fingerprint density at radius 2 is 1.96 bits per heavy atom. The third-order valence-electron chi connectivity index (χ3n) is 4.44. The van der Waals surface area contributed by atoms with Crippen LogP contribution in [0.5, 0.6) is 0 Å². The lowest BCUT2D eigenvalue weighted by atomic mass is 10.1. The van der Waals surface area contributed by atoms with Gasteiger partial charge >= 0.3 is 6.09 Å². The van der Waals surface area contributed by atoms with Crippen LogP contribution in [0.3, 0.4) is 0 Å². The summed E-state index contributed by atoms with van der Waals surface area (Å²) in [7, 11) is 0. The second kappa shape index (κ2) is 6.81. The zero-order valence-corrected chi connectivity index (χ0v) is 13.8. The number of hydrogen-bond donors (Lipinski definition) is 1. The van der Waals surface area contributed by atoms with Gasteiger partial charge in [0, 0.05) is 18.1 Å². The number of nitrogens with zero attached hydrogens (tertiary/aromatic N) is 2. The fourth-order valence-electron chi connectivity index (χ4n) is 3.21. The Morgan fingerprint density at radius 3 is 2.84 bits per heavy atom. The first kappa shape index (κ1) is 15.4. The summed E-state index contributed by atoms with van der Waals surface area (Å²) in [6, 6.07) is 17.7. The van der Waals surface area contributed by atoms with Crippen molar-refractivity contribution < 1.29 is 9.53 Å². The van der Waals surface area contributed by atoms with Gasteiger partial charge in [0.2, 0.25) is 0 Å². The highest BCUT2D eigenvalue weighted by molar-refractivity contribution is 5.68. The molecule has 4 rings (SSSR count). The van der Waals surface area contributed by atoms with Crippen molar-refractivity contribution in [2.45, 2.75) is 25.5 Å². The molecular weight excluding hydrogens is 314 g/mol. The van der Waals surface area contributed by atoms with E-state index in [0.29, 0.717) is 0 Å². The average Bonchev–Trinajstić information content (AvgIpc) is 3.09. The summed E-state index contributed by atoms with van der Waals surface area (Å²) in [5.41, 5.74) is 3.34. The SMILES string of the molecule is O=C(N[C@@H]1CCc2ccccc2-n2ccnc21)OCc1ccccc1. The standard InChI is InChI=1S/C20H19N3O2/c24-20(25-14-15-6-2-1-3-7-15)22-17-11-10-16-8-4-5-9-18(16)23-13-12-21-19(17)23/h1-9,12-13,17H,10-11,14H2,(H,22,24)/t17-/m1/s1. The van der Waals surface area contributed by atoms with Crippen molar-refractivity contribution in [2.24, 2.45) is 0 Å². The monoisotopic (exact) mass is 333 g/mol. The quantitative estimate of drug-likeness (QED) is 0.793. The van der Waals surface area contributed by atoms with E-state index in [9.17, 15) is 4.79 Å². The molecule has 0 unspecified atom stereocenters. The van der Waals surface area contributed by atoms with Gasteiger partial charge < -0.3 is 14.6 Å². The van der Waals surface area contributed by atoms with E-state index in [4.69, 9.17) is 4.74 Å². The van der Waals surface area contributed by atoms with E-state index >= 15 is 0 Å². The molecule has 126 valence electrons. The topological polar surface area (TPSA) is 56.2 Å². The number of carbonyl (C=O) groups excluding carboxylic acids is 1. The number of para-hydroxylation sites is 1. The van der Waals surface area contributed by atoms with Gasteiger partial charge in [-0.25, -0.2) is 9.78 Å². The largest absolute Gasteiger partial charge is 0.445 e. The molecule has 0 fully saturated rings. The maximum absolute atomic E-state index is 12.2. The number of fused-ring (bicyclic) bond motifs is 3. The first-order chi connectivity index (χ1) is 12.3. The molecule has 1 amide bonds. The van der Waals surface area contributed by atoms with Crippen molar-refractivity contribution in [3.8, 4) is 5.69 Å². The van der Waals surface area contributed by atoms with Gasteiger partial charge in [0.1, 0.15) is 12.4 Å². The second-order valence-electron chi connectivity index (χ2n) is 6.08. The van der Waals surface area contributed by atoms with Crippen molar-refractivity contribution >= 4 is 6.09 Å². The summed E-state index contributed by atoms with van der Waals surface area (Å²) in [6.07, 6.45) is 4.94. The number of rotatable bonds is 3. The van der Waals surface area contributed by atoms with E-state index in [2.05, 4.69) is 22.4 Å². The number of carbonyl (C=O) groups is 1. The molecule has 0 saturated carbocycles. The summed E-state index contributed by atoms with van der Waals surface area (Å²) in [5.74, 6) is 0.835. The highest BCUT2D eigenvalue weighted by atomic mass is 16.5. The molecule has 2 aromatic carbocycles. The number of ether oxygens (including phenoxy) is 1. The minimum absolute atomic E-state index is 0.175. The Morgan fingerprint density at radius 1 is 1.16 bits per heavy atom. The molecule has 1 atom stereocenters. The molecule has 5 nitrogen and oxygen atoms in total. The van der Waals surface area contributed by atoms with Crippen LogP contribution >= 0.6 is 0 Å². The molecule has 0 aliphatic carbocycles. The van der Waals surface area contributed by atoms with Crippen molar-refractivity contribution in [1.29, 1.82) is 0 Å². The van der Waals surface area contributed by atoms with E-state index in [-0.39, 0.29) is 12.6 Å². The van der Waals surface area contributed by atoms with Crippen LogP contribution in [0.25, 0.3) is 5.69 Å². The van der Waals surface area contributed by atoms with Gasteiger partial charge in [-0.2, -0.15) is 0 Å². The molecule has 0 spiro atoms. The number of imidazole rings is 1. The Bertz CT molecular complexity index is 873. The Labute approximate surface area is 146 Å². The molecule has 5 heteroatoms. The van der Waals surface area contributed by atoms with Gasteiger partial charge in [-0.15, -0.1) is 0 Å². The number of amides is 1. The first-order valence-corrected chi connectivity index (χ1v) is 8.40. The smallest absolute Gasteiger partial charge is 0.408 e. The number of alkyl carbamates (subject to hydrolysis) is 1. The Kier molecular flexibility index (Phi) is 4.21. The van der Waals surface area contributed by atoms with Gasteiger partial charge in [0.15, 0.2) is 0 Å². The lowest BCUT2D eigenvalue weighted by Crippen LogP contribution is -2.30. The van der Waals surface area contributed by atoms with E-state index in [1.165, 1.54) is 5.56 Å². The minimum atomic E-state index is -0.422. The summed E-state index contributed by atoms with van der Waals surface area (Å²) >= 11 is 0. The van der Waals surface area contributed by atoms with Crippen LogP contribution in [0.1, 0.15) is 29.4 Å². The predicted octanol–water partition coefficient (Wildman–Crippen LogP) is 3.79. The van der Waals surface area contributed by atoms with Crippen LogP contribution in [0.4, 0.5) is 4.79 Å². The molecule has 25 heavy (non-hydrogen) atoms. The lowest BCUT2D eigenvalue weighted by Gasteiger charge is -2.16. The number of aromatic nitrogens is 2. The fraction of sp³-hybridized carbons (Fsp3) is 0.200. The van der Waals surface area contributed by atoms with E-state index in [0.717, 1.165) is 29.9 Å². The average molecular weight is 333 g/mol. The zero-order valence-electron chi connectivity index (χ0n) is 13.8. The highest BCUT2D eigenvalue weighted by Gasteiger charge is 2.24. The third-order valence-corrected chi connectivity index (χ3v) is 4.44. The zero-order chi connectivity index (χ0) is 17.1. The predicted molar refractivity (Wildman–Crippen MR) is 94.4 cm³/mol. The van der Waals surface area contributed by atoms with E-state index < -0.39 is 6.09 Å². The maximum atomic E-state index is 12.2. The van der Waals surface area contributed by atoms with Crippen molar-refractivity contribution in [3.63, 3.8) is 0 Å². The van der Waals surface area contributed by atoms with Crippen LogP contribution in [0.2, 0.25) is 0 Å². The number of nitrogens with one attached hydrogen (secondary N) is 1.